The molecule has 4 rings (SSSR count). The van der Waals surface area contributed by atoms with Gasteiger partial charge in [-0.3, -0.25) is 4.57 Å². The highest BCUT2D eigenvalue weighted by atomic mass is 32.1. The van der Waals surface area contributed by atoms with Crippen LogP contribution in [0.3, 0.4) is 0 Å². The van der Waals surface area contributed by atoms with Gasteiger partial charge in [-0.1, -0.05) is 18.2 Å². The van der Waals surface area contributed by atoms with E-state index in [1.54, 1.807) is 0 Å². The molecule has 0 unspecified atom stereocenters. The highest BCUT2D eigenvalue weighted by molar-refractivity contribution is 7.80. The summed E-state index contributed by atoms with van der Waals surface area (Å²) in [6.07, 6.45) is 2.30. The highest BCUT2D eigenvalue weighted by Gasteiger charge is 2.21. The maximum atomic E-state index is 10.8. The minimum atomic E-state index is 0.117. The number of nitrogens with one attached hydrogen (secondary N) is 2. The number of azo groups is 1. The molecule has 2 aliphatic heterocycles. The molecule has 2 fully saturated rings. The summed E-state index contributed by atoms with van der Waals surface area (Å²) in [6, 6.07) is 7.82. The smallest absolute Gasteiger partial charge is 0.225 e. The van der Waals surface area contributed by atoms with Crippen molar-refractivity contribution in [2.24, 2.45) is 10.2 Å². The number of thiocarbonyl (C=S) groups is 1. The topological polar surface area (TPSA) is 84.8 Å². The number of benzene rings is 1. The van der Waals surface area contributed by atoms with Crippen molar-refractivity contribution in [2.75, 3.05) is 39.5 Å². The lowest BCUT2D eigenvalue weighted by atomic mass is 10.2. The van der Waals surface area contributed by atoms with E-state index in [0.717, 1.165) is 56.7 Å². The molecule has 150 valence electrons. The van der Waals surface area contributed by atoms with Crippen LogP contribution in [0, 0.1) is 0 Å². The maximum Gasteiger partial charge on any atom is 0.225 e. The van der Waals surface area contributed by atoms with Gasteiger partial charge in [-0.25, -0.2) is 0 Å². The van der Waals surface area contributed by atoms with Crippen molar-refractivity contribution in [3.63, 3.8) is 0 Å². The molecule has 0 amide bonds. The summed E-state index contributed by atoms with van der Waals surface area (Å²) in [6.45, 7) is 5.41. The summed E-state index contributed by atoms with van der Waals surface area (Å²) in [5.41, 5.74) is 1.38. The number of rotatable bonds is 5. The van der Waals surface area contributed by atoms with Gasteiger partial charge in [0.15, 0.2) is 12.4 Å². The van der Waals surface area contributed by atoms with Gasteiger partial charge in [-0.05, 0) is 31.1 Å². The predicted molar refractivity (Wildman–Crippen MR) is 109 cm³/mol. The minimum absolute atomic E-state index is 0.117. The van der Waals surface area contributed by atoms with Crippen LogP contribution in [0.2, 0.25) is 0 Å². The lowest BCUT2D eigenvalue weighted by Crippen LogP contribution is -3.13. The third-order valence-corrected chi connectivity index (χ3v) is 5.47. The second-order valence-electron chi connectivity index (χ2n) is 7.16. The first kappa shape index (κ1) is 19.3. The van der Waals surface area contributed by atoms with E-state index in [9.17, 15) is 5.11 Å². The summed E-state index contributed by atoms with van der Waals surface area (Å²) in [5.74, 6) is 0.117. The van der Waals surface area contributed by atoms with Gasteiger partial charge in [-0.2, -0.15) is 0 Å². The third-order valence-electron chi connectivity index (χ3n) is 5.24. The van der Waals surface area contributed by atoms with E-state index in [4.69, 9.17) is 21.7 Å². The fourth-order valence-electron chi connectivity index (χ4n) is 3.71. The maximum absolute atomic E-state index is 10.8. The number of hydrogen-bond donors (Lipinski definition) is 3. The Balaban J connectivity index is 1.51. The van der Waals surface area contributed by atoms with Crippen molar-refractivity contribution in [1.29, 1.82) is 0 Å². The number of nitrogens with zero attached hydrogens (tertiary/aromatic N) is 3. The molecule has 28 heavy (non-hydrogen) atoms. The molecule has 0 saturated carbocycles. The van der Waals surface area contributed by atoms with Crippen LogP contribution >= 0.6 is 12.2 Å². The van der Waals surface area contributed by atoms with E-state index in [1.165, 1.54) is 4.90 Å². The molecule has 9 heteroatoms. The first-order chi connectivity index (χ1) is 13.7. The first-order valence-corrected chi connectivity index (χ1v) is 10.2. The lowest BCUT2D eigenvalue weighted by molar-refractivity contribution is -0.930. The van der Waals surface area contributed by atoms with E-state index in [2.05, 4.69) is 15.5 Å². The standard InChI is InChI=1S/C19H25N5O3S/c25-18-17(21-22-19(28)20-12-14-4-3-9-27-14)15-5-1-2-6-16(15)24(18)13-23-7-10-26-11-8-23/h1-2,5-6,14,25H,3-4,7-13H2,(H,20,28)/p+1/t14-/m1/s1. The third kappa shape index (κ3) is 4.33. The van der Waals surface area contributed by atoms with Gasteiger partial charge in [0, 0.05) is 18.5 Å². The normalized spacial score (nSPS) is 20.9. The number of quaternary nitrogens is 1. The summed E-state index contributed by atoms with van der Waals surface area (Å²) in [4.78, 5) is 1.36. The fraction of sp³-hybridized carbons (Fsp3) is 0.526. The summed E-state index contributed by atoms with van der Waals surface area (Å²) in [7, 11) is 0. The molecule has 3 N–H and O–H groups in total. The van der Waals surface area contributed by atoms with Gasteiger partial charge in [0.25, 0.3) is 0 Å². The highest BCUT2D eigenvalue weighted by Crippen LogP contribution is 2.38. The Morgan fingerprint density at radius 2 is 2.11 bits per heavy atom. The molecular formula is C19H26N5O3S+. The molecule has 0 aliphatic carbocycles. The number of para-hydroxylation sites is 1. The van der Waals surface area contributed by atoms with Gasteiger partial charge in [0.05, 0.1) is 24.8 Å². The zero-order chi connectivity index (χ0) is 19.3. The number of ether oxygens (including phenoxy) is 2. The molecule has 0 spiro atoms. The Bertz CT molecular complexity index is 857. The molecule has 2 saturated heterocycles. The van der Waals surface area contributed by atoms with Crippen LogP contribution in [0.1, 0.15) is 12.8 Å². The van der Waals surface area contributed by atoms with E-state index < -0.39 is 0 Å². The number of fused-ring (bicyclic) bond motifs is 1. The number of hydrogen-bond acceptors (Lipinski definition) is 5. The summed E-state index contributed by atoms with van der Waals surface area (Å²) >= 11 is 5.26. The average Bonchev–Trinajstić information content (AvgIpc) is 3.33. The molecule has 3 heterocycles. The molecule has 0 bridgehead atoms. The van der Waals surface area contributed by atoms with Gasteiger partial charge in [-0.15, -0.1) is 10.2 Å². The van der Waals surface area contributed by atoms with Crippen molar-refractivity contribution in [2.45, 2.75) is 25.6 Å². The molecule has 8 nitrogen and oxygen atoms in total. The zero-order valence-corrected chi connectivity index (χ0v) is 16.6. The van der Waals surface area contributed by atoms with Crippen LogP contribution in [-0.4, -0.2) is 60.3 Å². The molecular weight excluding hydrogens is 378 g/mol. The Labute approximate surface area is 169 Å². The number of aromatic hydroxyl groups is 1. The predicted octanol–water partition coefficient (Wildman–Crippen LogP) is 1.36. The zero-order valence-electron chi connectivity index (χ0n) is 15.8. The first-order valence-electron chi connectivity index (χ1n) is 9.75. The second-order valence-corrected chi connectivity index (χ2v) is 7.55. The molecule has 0 radical (unpaired) electrons. The van der Waals surface area contributed by atoms with E-state index in [0.29, 0.717) is 24.0 Å². The SMILES string of the molecule is Oc1c(N=NC(=S)NC[C@H]2CCCO2)c2ccccc2n1C[NH+]1CCOCC1. The molecule has 2 aromatic rings. The monoisotopic (exact) mass is 404 g/mol. The summed E-state index contributed by atoms with van der Waals surface area (Å²) < 4.78 is 12.9. The van der Waals surface area contributed by atoms with Crippen molar-refractivity contribution in [3.8, 4) is 5.88 Å². The van der Waals surface area contributed by atoms with Crippen LogP contribution in [0.5, 0.6) is 5.88 Å². The minimum Gasteiger partial charge on any atom is -0.493 e. The number of aromatic nitrogens is 1. The Morgan fingerprint density at radius 1 is 1.29 bits per heavy atom. The summed E-state index contributed by atoms with van der Waals surface area (Å²) in [5, 5.41) is 23.5. The quantitative estimate of drug-likeness (QED) is 0.518. The molecule has 1 atom stereocenters. The molecule has 1 aromatic carbocycles. The van der Waals surface area contributed by atoms with Gasteiger partial charge < -0.3 is 24.8 Å². The van der Waals surface area contributed by atoms with Gasteiger partial charge in [0.2, 0.25) is 11.0 Å². The van der Waals surface area contributed by atoms with E-state index >= 15 is 0 Å². The molecule has 2 aliphatic rings. The van der Waals surface area contributed by atoms with Crippen LogP contribution in [0.4, 0.5) is 5.69 Å². The van der Waals surface area contributed by atoms with Gasteiger partial charge in [0.1, 0.15) is 13.1 Å². The van der Waals surface area contributed by atoms with Crippen LogP contribution in [-0.2, 0) is 16.1 Å². The van der Waals surface area contributed by atoms with E-state index in [1.807, 2.05) is 28.8 Å². The lowest BCUT2D eigenvalue weighted by Gasteiger charge is -2.24. The van der Waals surface area contributed by atoms with Crippen LogP contribution in [0.15, 0.2) is 34.5 Å². The van der Waals surface area contributed by atoms with Gasteiger partial charge >= 0.3 is 0 Å². The Kier molecular flexibility index (Phi) is 6.16. The second kappa shape index (κ2) is 8.95. The van der Waals surface area contributed by atoms with Crippen LogP contribution in [0.25, 0.3) is 10.9 Å². The fourth-order valence-corrected chi connectivity index (χ4v) is 3.83. The van der Waals surface area contributed by atoms with Crippen molar-refractivity contribution in [3.05, 3.63) is 24.3 Å². The Hall–Kier alpha value is -2.07. The van der Waals surface area contributed by atoms with Crippen molar-refractivity contribution >= 4 is 33.9 Å². The van der Waals surface area contributed by atoms with Crippen LogP contribution < -0.4 is 10.2 Å². The van der Waals surface area contributed by atoms with Crippen molar-refractivity contribution < 1.29 is 19.5 Å². The Morgan fingerprint density at radius 3 is 2.89 bits per heavy atom. The number of morpholine rings is 1. The van der Waals surface area contributed by atoms with Crippen molar-refractivity contribution in [1.82, 2.24) is 9.88 Å². The van der Waals surface area contributed by atoms with E-state index in [-0.39, 0.29) is 12.0 Å². The average molecular weight is 405 g/mol. The molecule has 1 aromatic heterocycles. The largest absolute Gasteiger partial charge is 0.493 e.